The van der Waals surface area contributed by atoms with E-state index in [1.165, 1.54) is 23.5 Å². The van der Waals surface area contributed by atoms with Crippen LogP contribution in [-0.4, -0.2) is 20.7 Å². The molecular weight excluding hydrogens is 345 g/mol. The van der Waals surface area contributed by atoms with Gasteiger partial charge in [-0.05, 0) is 18.2 Å². The third-order valence-corrected chi connectivity index (χ3v) is 4.18. The van der Waals surface area contributed by atoms with Gasteiger partial charge >= 0.3 is 5.97 Å². The number of halogens is 2. The van der Waals surface area contributed by atoms with Gasteiger partial charge in [0.25, 0.3) is 0 Å². The highest BCUT2D eigenvalue weighted by atomic mass is 35.5. The fourth-order valence-electron chi connectivity index (χ4n) is 1.74. The molecule has 0 aliphatic carbocycles. The first kappa shape index (κ1) is 15.0. The van der Waals surface area contributed by atoms with Gasteiger partial charge in [-0.3, -0.25) is 4.68 Å². The molecule has 0 atom stereocenters. The van der Waals surface area contributed by atoms with E-state index in [0.29, 0.717) is 10.0 Å². The van der Waals surface area contributed by atoms with Gasteiger partial charge in [0.05, 0.1) is 11.2 Å². The van der Waals surface area contributed by atoms with Crippen molar-refractivity contribution in [1.29, 1.82) is 0 Å². The lowest BCUT2D eigenvalue weighted by molar-refractivity contribution is 0.0729. The van der Waals surface area contributed by atoms with E-state index in [2.05, 4.69) is 10.1 Å². The molecule has 3 rings (SSSR count). The summed E-state index contributed by atoms with van der Waals surface area (Å²) in [5.74, 6) is -0.331. The van der Waals surface area contributed by atoms with Crippen LogP contribution in [0.15, 0.2) is 36.0 Å². The van der Waals surface area contributed by atoms with E-state index in [-0.39, 0.29) is 16.5 Å². The van der Waals surface area contributed by atoms with E-state index in [0.717, 1.165) is 5.56 Å². The van der Waals surface area contributed by atoms with Gasteiger partial charge in [-0.15, -0.1) is 11.3 Å². The Bertz CT molecular complexity index is 844. The number of nitrogens with zero attached hydrogens (tertiary/aromatic N) is 3. The summed E-state index contributed by atoms with van der Waals surface area (Å²) < 4.78 is 6.90. The first-order valence-electron chi connectivity index (χ1n) is 6.15. The standard InChI is InChI=1S/C14H9Cl2N3O2S/c1-19-6-8(5-17-19)13-18-11(7-22-13)14(20)21-12-3-2-9(15)4-10(12)16/h2-7H,1H3. The van der Waals surface area contributed by atoms with Crippen molar-refractivity contribution in [3.8, 4) is 16.3 Å². The Morgan fingerprint density at radius 3 is 2.86 bits per heavy atom. The van der Waals surface area contributed by atoms with E-state index < -0.39 is 5.97 Å². The van der Waals surface area contributed by atoms with Crippen molar-refractivity contribution in [2.45, 2.75) is 0 Å². The minimum absolute atomic E-state index is 0.217. The van der Waals surface area contributed by atoms with Gasteiger partial charge in [-0.25, -0.2) is 9.78 Å². The molecular formula is C14H9Cl2N3O2S. The maximum absolute atomic E-state index is 12.1. The molecule has 0 saturated heterocycles. The molecule has 112 valence electrons. The molecule has 0 spiro atoms. The van der Waals surface area contributed by atoms with Crippen LogP contribution in [0.1, 0.15) is 10.5 Å². The van der Waals surface area contributed by atoms with Gasteiger partial charge in [-0.2, -0.15) is 5.10 Å². The monoisotopic (exact) mass is 353 g/mol. The number of benzene rings is 1. The third kappa shape index (κ3) is 3.14. The molecule has 0 aliphatic heterocycles. The molecule has 2 aromatic heterocycles. The van der Waals surface area contributed by atoms with Crippen LogP contribution in [-0.2, 0) is 7.05 Å². The van der Waals surface area contributed by atoms with Crippen molar-refractivity contribution >= 4 is 40.5 Å². The SMILES string of the molecule is Cn1cc(-c2nc(C(=O)Oc3ccc(Cl)cc3Cl)cs2)cn1. The molecule has 0 N–H and O–H groups in total. The fourth-order valence-corrected chi connectivity index (χ4v) is 2.95. The Labute approximate surface area is 140 Å². The predicted molar refractivity (Wildman–Crippen MR) is 85.7 cm³/mol. The Balaban J connectivity index is 1.79. The zero-order valence-electron chi connectivity index (χ0n) is 11.3. The first-order valence-corrected chi connectivity index (χ1v) is 7.78. The molecule has 0 fully saturated rings. The second kappa shape index (κ2) is 6.08. The maximum Gasteiger partial charge on any atom is 0.363 e. The Morgan fingerprint density at radius 1 is 1.36 bits per heavy atom. The Kier molecular flexibility index (Phi) is 4.15. The van der Waals surface area contributed by atoms with Gasteiger partial charge in [-0.1, -0.05) is 23.2 Å². The van der Waals surface area contributed by atoms with Gasteiger partial charge < -0.3 is 4.74 Å². The summed E-state index contributed by atoms with van der Waals surface area (Å²) >= 11 is 13.1. The van der Waals surface area contributed by atoms with Crippen LogP contribution in [0.4, 0.5) is 0 Å². The highest BCUT2D eigenvalue weighted by Crippen LogP contribution is 2.29. The summed E-state index contributed by atoms with van der Waals surface area (Å²) in [7, 11) is 1.81. The summed E-state index contributed by atoms with van der Waals surface area (Å²) in [4.78, 5) is 16.4. The van der Waals surface area contributed by atoms with Gasteiger partial charge in [0.1, 0.15) is 10.8 Å². The van der Waals surface area contributed by atoms with Crippen LogP contribution < -0.4 is 4.74 Å². The molecule has 0 amide bonds. The number of carbonyl (C=O) groups excluding carboxylic acids is 1. The minimum atomic E-state index is -0.574. The van der Waals surface area contributed by atoms with Gasteiger partial charge in [0.15, 0.2) is 5.69 Å². The second-order valence-corrected chi connectivity index (χ2v) is 6.11. The average Bonchev–Trinajstić information content (AvgIpc) is 3.10. The second-order valence-electron chi connectivity index (χ2n) is 4.40. The van der Waals surface area contributed by atoms with Crippen LogP contribution >= 0.6 is 34.5 Å². The minimum Gasteiger partial charge on any atom is -0.420 e. The van der Waals surface area contributed by atoms with E-state index in [1.807, 2.05) is 13.2 Å². The topological polar surface area (TPSA) is 57.0 Å². The van der Waals surface area contributed by atoms with Crippen molar-refractivity contribution in [1.82, 2.24) is 14.8 Å². The van der Waals surface area contributed by atoms with Crippen LogP contribution in [0.5, 0.6) is 5.75 Å². The fraction of sp³-hybridized carbons (Fsp3) is 0.0714. The molecule has 5 nitrogen and oxygen atoms in total. The van der Waals surface area contributed by atoms with Crippen LogP contribution in [0.2, 0.25) is 10.0 Å². The molecule has 8 heteroatoms. The number of carbonyl (C=O) groups is 1. The Morgan fingerprint density at radius 2 is 2.18 bits per heavy atom. The summed E-state index contributed by atoms with van der Waals surface area (Å²) in [6, 6.07) is 4.64. The highest BCUT2D eigenvalue weighted by Gasteiger charge is 2.16. The first-order chi connectivity index (χ1) is 10.5. The van der Waals surface area contributed by atoms with Crippen molar-refractivity contribution in [3.63, 3.8) is 0 Å². The lowest BCUT2D eigenvalue weighted by Gasteiger charge is -2.04. The Hall–Kier alpha value is -1.89. The summed E-state index contributed by atoms with van der Waals surface area (Å²) in [5.41, 5.74) is 1.06. The van der Waals surface area contributed by atoms with Crippen LogP contribution in [0.3, 0.4) is 0 Å². The third-order valence-electron chi connectivity index (χ3n) is 2.76. The van der Waals surface area contributed by atoms with E-state index >= 15 is 0 Å². The molecule has 0 bridgehead atoms. The van der Waals surface area contributed by atoms with E-state index in [4.69, 9.17) is 27.9 Å². The largest absolute Gasteiger partial charge is 0.420 e. The number of aryl methyl sites for hydroxylation is 1. The number of esters is 1. The molecule has 0 unspecified atom stereocenters. The zero-order valence-corrected chi connectivity index (χ0v) is 13.6. The number of aromatic nitrogens is 3. The number of hydrogen-bond donors (Lipinski definition) is 0. The number of ether oxygens (including phenoxy) is 1. The average molecular weight is 354 g/mol. The van der Waals surface area contributed by atoms with Crippen LogP contribution in [0, 0.1) is 0 Å². The number of hydrogen-bond acceptors (Lipinski definition) is 5. The molecule has 0 aliphatic rings. The summed E-state index contributed by atoms with van der Waals surface area (Å²) in [6.07, 6.45) is 3.51. The zero-order chi connectivity index (χ0) is 15.7. The lowest BCUT2D eigenvalue weighted by atomic mass is 10.3. The molecule has 22 heavy (non-hydrogen) atoms. The van der Waals surface area contributed by atoms with E-state index in [1.54, 1.807) is 22.3 Å². The van der Waals surface area contributed by atoms with E-state index in [9.17, 15) is 4.79 Å². The molecule has 0 saturated carbocycles. The normalized spacial score (nSPS) is 10.7. The van der Waals surface area contributed by atoms with Crippen molar-refractivity contribution < 1.29 is 9.53 Å². The van der Waals surface area contributed by atoms with Crippen molar-refractivity contribution in [2.24, 2.45) is 7.05 Å². The molecule has 0 radical (unpaired) electrons. The van der Waals surface area contributed by atoms with Gasteiger partial charge in [0.2, 0.25) is 0 Å². The van der Waals surface area contributed by atoms with Crippen molar-refractivity contribution in [3.05, 3.63) is 51.7 Å². The number of thiazole rings is 1. The molecule has 1 aromatic carbocycles. The predicted octanol–water partition coefficient (Wildman–Crippen LogP) is 4.07. The van der Waals surface area contributed by atoms with Crippen LogP contribution in [0.25, 0.3) is 10.6 Å². The smallest absolute Gasteiger partial charge is 0.363 e. The number of rotatable bonds is 3. The summed E-state index contributed by atoms with van der Waals surface area (Å²) in [6.45, 7) is 0. The maximum atomic E-state index is 12.1. The lowest BCUT2D eigenvalue weighted by Crippen LogP contribution is -2.09. The van der Waals surface area contributed by atoms with Crippen molar-refractivity contribution in [2.75, 3.05) is 0 Å². The highest BCUT2D eigenvalue weighted by molar-refractivity contribution is 7.13. The molecule has 2 heterocycles. The quantitative estimate of drug-likeness (QED) is 0.526. The molecule has 3 aromatic rings. The summed E-state index contributed by atoms with van der Waals surface area (Å²) in [5, 5.41) is 7.14. The van der Waals surface area contributed by atoms with Gasteiger partial charge in [0, 0.05) is 29.2 Å².